The molecule has 0 amide bonds. The zero-order valence-corrected chi connectivity index (χ0v) is 18.1. The first-order valence-electron chi connectivity index (χ1n) is 9.60. The molecule has 1 heterocycles. The molecule has 11 heteroatoms. The normalized spacial score (nSPS) is 25.2. The summed E-state index contributed by atoms with van der Waals surface area (Å²) < 4.78 is 10.2. The van der Waals surface area contributed by atoms with Crippen LogP contribution in [-0.2, 0) is 20.8 Å². The zero-order chi connectivity index (χ0) is 23.4. The van der Waals surface area contributed by atoms with Gasteiger partial charge < -0.3 is 35.2 Å². The molecular weight excluding hydrogens is 463 g/mol. The molecule has 5 unspecified atom stereocenters. The van der Waals surface area contributed by atoms with Gasteiger partial charge in [-0.05, 0) is 18.2 Å². The lowest BCUT2D eigenvalue weighted by Crippen LogP contribution is -2.59. The molecule has 0 aromatic heterocycles. The van der Waals surface area contributed by atoms with Crippen LogP contribution in [0.5, 0.6) is 0 Å². The predicted octanol–water partition coefficient (Wildman–Crippen LogP) is 1.32. The number of aliphatic hydroxyl groups excluding tert-OH is 4. The van der Waals surface area contributed by atoms with Crippen molar-refractivity contribution in [3.8, 4) is 0 Å². The number of esters is 1. The van der Waals surface area contributed by atoms with Crippen LogP contribution in [0.4, 0.5) is 5.69 Å². The van der Waals surface area contributed by atoms with Crippen LogP contribution in [-0.4, -0.2) is 69.4 Å². The van der Waals surface area contributed by atoms with Gasteiger partial charge in [0, 0.05) is 33.4 Å². The molecular formula is C21H22Cl2N2O7. The molecule has 3 rings (SSSR count). The average Bonchev–Trinajstić information content (AvgIpc) is 2.78. The van der Waals surface area contributed by atoms with E-state index in [1.807, 2.05) is 0 Å². The fourth-order valence-electron chi connectivity index (χ4n) is 3.18. The Balaban J connectivity index is 1.73. The average molecular weight is 485 g/mol. The highest BCUT2D eigenvalue weighted by Crippen LogP contribution is 2.27. The number of aliphatic hydroxyl groups is 4. The number of anilines is 1. The summed E-state index contributed by atoms with van der Waals surface area (Å²) in [4.78, 5) is 12.6. The lowest BCUT2D eigenvalue weighted by Gasteiger charge is -2.39. The minimum atomic E-state index is -1.76. The molecule has 0 spiro atoms. The first-order valence-corrected chi connectivity index (χ1v) is 10.4. The van der Waals surface area contributed by atoms with Gasteiger partial charge in [0.1, 0.15) is 30.1 Å². The van der Waals surface area contributed by atoms with Crippen LogP contribution in [0, 0.1) is 5.41 Å². The second kappa shape index (κ2) is 10.6. The lowest BCUT2D eigenvalue weighted by molar-refractivity contribution is -0.290. The van der Waals surface area contributed by atoms with Crippen LogP contribution in [0.2, 0.25) is 10.0 Å². The van der Waals surface area contributed by atoms with Crippen molar-refractivity contribution in [1.82, 2.24) is 0 Å². The van der Waals surface area contributed by atoms with Gasteiger partial charge in [-0.1, -0.05) is 47.5 Å². The summed E-state index contributed by atoms with van der Waals surface area (Å²) in [6, 6.07) is 11.6. The number of benzene rings is 2. The Morgan fingerprint density at radius 1 is 1.03 bits per heavy atom. The monoisotopic (exact) mass is 484 g/mol. The van der Waals surface area contributed by atoms with Crippen molar-refractivity contribution < 1.29 is 34.7 Å². The van der Waals surface area contributed by atoms with E-state index < -0.39 is 49.0 Å². The summed E-state index contributed by atoms with van der Waals surface area (Å²) in [5.41, 5.74) is 0.723. The molecule has 1 fully saturated rings. The van der Waals surface area contributed by atoms with E-state index in [2.05, 4.69) is 5.32 Å². The van der Waals surface area contributed by atoms with E-state index >= 15 is 0 Å². The Morgan fingerprint density at radius 3 is 2.34 bits per heavy atom. The predicted molar refractivity (Wildman–Crippen MR) is 117 cm³/mol. The number of hydrogen-bond acceptors (Lipinski definition) is 9. The molecule has 0 saturated carbocycles. The molecule has 0 bridgehead atoms. The summed E-state index contributed by atoms with van der Waals surface area (Å²) in [7, 11) is 0. The zero-order valence-electron chi connectivity index (χ0n) is 16.6. The van der Waals surface area contributed by atoms with Gasteiger partial charge in [0.2, 0.25) is 6.29 Å². The Hall–Kier alpha value is -2.24. The number of nitrogens with one attached hydrogen (secondary N) is 2. The first kappa shape index (κ1) is 24.4. The number of halogens is 2. The SMILES string of the molecule is N=C(C(=O)OC1OC(CO)C(O)C(O)C1O)c1ccccc1NCc1c(Cl)cccc1Cl. The third kappa shape index (κ3) is 5.21. The summed E-state index contributed by atoms with van der Waals surface area (Å²) in [5, 5.41) is 51.2. The van der Waals surface area contributed by atoms with Gasteiger partial charge >= 0.3 is 5.97 Å². The van der Waals surface area contributed by atoms with E-state index in [0.29, 0.717) is 21.3 Å². The summed E-state index contributed by atoms with van der Waals surface area (Å²) in [6.07, 6.45) is -7.98. The minimum Gasteiger partial charge on any atom is -0.428 e. The minimum absolute atomic E-state index is 0.199. The summed E-state index contributed by atoms with van der Waals surface area (Å²) in [5.74, 6) is -1.14. The Bertz CT molecular complexity index is 968. The first-order chi connectivity index (χ1) is 15.2. The fraction of sp³-hybridized carbons (Fsp3) is 0.333. The number of ether oxygens (including phenoxy) is 2. The molecule has 1 aliphatic heterocycles. The standard InChI is InChI=1S/C21H22Cl2N2O7/c22-12-5-3-6-13(23)11(12)8-25-14-7-2-1-4-10(14)16(24)20(30)32-21-19(29)18(28)17(27)15(9-26)31-21/h1-7,15,17-19,21,24-29H,8-9H2. The van der Waals surface area contributed by atoms with Gasteiger partial charge in [0.15, 0.2) is 0 Å². The number of para-hydroxylation sites is 1. The van der Waals surface area contributed by atoms with Crippen molar-refractivity contribution in [3.05, 3.63) is 63.6 Å². The van der Waals surface area contributed by atoms with Crippen LogP contribution >= 0.6 is 23.2 Å². The molecule has 2 aromatic carbocycles. The van der Waals surface area contributed by atoms with Crippen molar-refractivity contribution in [2.75, 3.05) is 11.9 Å². The topological polar surface area (TPSA) is 152 Å². The van der Waals surface area contributed by atoms with E-state index in [9.17, 15) is 25.2 Å². The molecule has 32 heavy (non-hydrogen) atoms. The number of carbonyl (C=O) groups excluding carboxylic acids is 1. The molecule has 1 saturated heterocycles. The second-order valence-corrected chi connectivity index (χ2v) is 7.89. The van der Waals surface area contributed by atoms with Crippen LogP contribution in [0.3, 0.4) is 0 Å². The third-order valence-corrected chi connectivity index (χ3v) is 5.70. The molecule has 5 atom stereocenters. The number of carbonyl (C=O) groups is 1. The van der Waals surface area contributed by atoms with E-state index in [1.54, 1.807) is 36.4 Å². The maximum Gasteiger partial charge on any atom is 0.359 e. The largest absolute Gasteiger partial charge is 0.428 e. The summed E-state index contributed by atoms with van der Waals surface area (Å²) >= 11 is 12.4. The van der Waals surface area contributed by atoms with Crippen molar-refractivity contribution in [1.29, 1.82) is 5.41 Å². The molecule has 0 aliphatic carbocycles. The highest BCUT2D eigenvalue weighted by atomic mass is 35.5. The summed E-state index contributed by atoms with van der Waals surface area (Å²) in [6.45, 7) is -0.446. The molecule has 9 nitrogen and oxygen atoms in total. The number of hydrogen-bond donors (Lipinski definition) is 6. The van der Waals surface area contributed by atoms with E-state index in [0.717, 1.165) is 0 Å². The van der Waals surface area contributed by atoms with Crippen LogP contribution in [0.15, 0.2) is 42.5 Å². The van der Waals surface area contributed by atoms with Gasteiger partial charge in [-0.25, -0.2) is 4.79 Å². The Morgan fingerprint density at radius 2 is 1.69 bits per heavy atom. The van der Waals surface area contributed by atoms with E-state index in [1.165, 1.54) is 6.07 Å². The van der Waals surface area contributed by atoms with Gasteiger partial charge in [-0.15, -0.1) is 0 Å². The highest BCUT2D eigenvalue weighted by molar-refractivity contribution is 6.43. The lowest BCUT2D eigenvalue weighted by atomic mass is 9.99. The molecule has 2 aromatic rings. The molecule has 172 valence electrons. The highest BCUT2D eigenvalue weighted by Gasteiger charge is 2.45. The Labute approximate surface area is 193 Å². The molecule has 0 radical (unpaired) electrons. The smallest absolute Gasteiger partial charge is 0.359 e. The van der Waals surface area contributed by atoms with Crippen LogP contribution in [0.25, 0.3) is 0 Å². The van der Waals surface area contributed by atoms with Gasteiger partial charge in [-0.3, -0.25) is 5.41 Å². The van der Waals surface area contributed by atoms with Gasteiger partial charge in [-0.2, -0.15) is 0 Å². The van der Waals surface area contributed by atoms with E-state index in [4.69, 9.17) is 38.1 Å². The second-order valence-electron chi connectivity index (χ2n) is 7.08. The molecule has 1 aliphatic rings. The maximum atomic E-state index is 12.6. The van der Waals surface area contributed by atoms with Crippen molar-refractivity contribution in [2.24, 2.45) is 0 Å². The molecule has 6 N–H and O–H groups in total. The maximum absolute atomic E-state index is 12.6. The van der Waals surface area contributed by atoms with Gasteiger partial charge in [0.05, 0.1) is 6.61 Å². The quantitative estimate of drug-likeness (QED) is 0.254. The van der Waals surface area contributed by atoms with E-state index in [-0.39, 0.29) is 12.1 Å². The van der Waals surface area contributed by atoms with Crippen molar-refractivity contribution in [3.63, 3.8) is 0 Å². The fourth-order valence-corrected chi connectivity index (χ4v) is 3.71. The Kier molecular flexibility index (Phi) is 8.07. The van der Waals surface area contributed by atoms with Crippen LogP contribution < -0.4 is 5.32 Å². The third-order valence-electron chi connectivity index (χ3n) is 4.99. The van der Waals surface area contributed by atoms with Gasteiger partial charge in [0.25, 0.3) is 0 Å². The van der Waals surface area contributed by atoms with Crippen molar-refractivity contribution in [2.45, 2.75) is 37.3 Å². The van der Waals surface area contributed by atoms with Crippen LogP contribution in [0.1, 0.15) is 11.1 Å². The van der Waals surface area contributed by atoms with Crippen molar-refractivity contribution >= 4 is 40.6 Å². The number of rotatable bonds is 7.